The van der Waals surface area contributed by atoms with Crippen LogP contribution in [0.1, 0.15) is 58.9 Å². The predicted molar refractivity (Wildman–Crippen MR) is 133 cm³/mol. The molecule has 0 aliphatic rings. The van der Waals surface area contributed by atoms with Crippen LogP contribution in [0.4, 0.5) is 5.69 Å². The highest BCUT2D eigenvalue weighted by molar-refractivity contribution is 6.09. The summed E-state index contributed by atoms with van der Waals surface area (Å²) in [6.07, 6.45) is 5.35. The third-order valence-electron chi connectivity index (χ3n) is 5.35. The van der Waals surface area contributed by atoms with E-state index in [2.05, 4.69) is 17.6 Å². The second-order valence-electron chi connectivity index (χ2n) is 7.92. The molecule has 0 spiro atoms. The topological polar surface area (TPSA) is 67.4 Å². The fourth-order valence-corrected chi connectivity index (χ4v) is 3.47. The zero-order valence-electron chi connectivity index (χ0n) is 19.2. The number of rotatable bonds is 12. The highest BCUT2D eigenvalue weighted by Crippen LogP contribution is 2.18. The SMILES string of the molecule is CCCCCCOc1ccc(C(=O)Nc2ccccc2C(=O)NCCc2ccccc2)cc1. The number of benzene rings is 3. The molecule has 0 bridgehead atoms. The molecule has 0 fully saturated rings. The Morgan fingerprint density at radius 3 is 2.27 bits per heavy atom. The van der Waals surface area contributed by atoms with Crippen molar-refractivity contribution >= 4 is 17.5 Å². The molecule has 5 heteroatoms. The Hall–Kier alpha value is -3.60. The van der Waals surface area contributed by atoms with Crippen LogP contribution in [-0.2, 0) is 6.42 Å². The molecule has 172 valence electrons. The predicted octanol–water partition coefficient (Wildman–Crippen LogP) is 5.87. The molecular formula is C28H32N2O3. The van der Waals surface area contributed by atoms with Gasteiger partial charge in [0.2, 0.25) is 0 Å². The van der Waals surface area contributed by atoms with Crippen LogP contribution in [0.5, 0.6) is 5.75 Å². The number of anilines is 1. The van der Waals surface area contributed by atoms with Gasteiger partial charge in [-0.3, -0.25) is 9.59 Å². The molecule has 2 N–H and O–H groups in total. The summed E-state index contributed by atoms with van der Waals surface area (Å²) < 4.78 is 5.74. The fourth-order valence-electron chi connectivity index (χ4n) is 3.47. The quantitative estimate of drug-likeness (QED) is 0.343. The molecule has 0 aliphatic carbocycles. The number of carbonyl (C=O) groups excluding carboxylic acids is 2. The van der Waals surface area contributed by atoms with E-state index < -0.39 is 0 Å². The van der Waals surface area contributed by atoms with E-state index in [0.29, 0.717) is 30.0 Å². The molecule has 3 rings (SSSR count). The summed E-state index contributed by atoms with van der Waals surface area (Å²) in [5.41, 5.74) is 2.59. The van der Waals surface area contributed by atoms with E-state index in [4.69, 9.17) is 4.74 Å². The normalized spacial score (nSPS) is 10.5. The third kappa shape index (κ3) is 7.79. The van der Waals surface area contributed by atoms with E-state index in [1.165, 1.54) is 12.8 Å². The molecule has 0 radical (unpaired) electrons. The van der Waals surface area contributed by atoms with Crippen molar-refractivity contribution in [3.8, 4) is 5.75 Å². The molecule has 33 heavy (non-hydrogen) atoms. The van der Waals surface area contributed by atoms with Crippen molar-refractivity contribution in [2.75, 3.05) is 18.5 Å². The standard InChI is InChI=1S/C28H32N2O3/c1-2-3-4-10-21-33-24-17-15-23(16-18-24)27(31)30-26-14-9-8-13-25(26)28(32)29-20-19-22-11-6-5-7-12-22/h5-9,11-18H,2-4,10,19-21H2,1H3,(H,29,32)(H,30,31). The Morgan fingerprint density at radius 1 is 0.788 bits per heavy atom. The lowest BCUT2D eigenvalue weighted by Crippen LogP contribution is -2.27. The summed E-state index contributed by atoms with van der Waals surface area (Å²) in [4.78, 5) is 25.5. The first-order chi connectivity index (χ1) is 16.2. The van der Waals surface area contributed by atoms with Crippen molar-refractivity contribution < 1.29 is 14.3 Å². The van der Waals surface area contributed by atoms with E-state index >= 15 is 0 Å². The van der Waals surface area contributed by atoms with E-state index in [1.807, 2.05) is 30.3 Å². The van der Waals surface area contributed by atoms with Gasteiger partial charge in [0.05, 0.1) is 17.9 Å². The summed E-state index contributed by atoms with van der Waals surface area (Å²) in [6.45, 7) is 3.38. The molecule has 0 atom stereocenters. The highest BCUT2D eigenvalue weighted by Gasteiger charge is 2.14. The number of carbonyl (C=O) groups is 2. The Balaban J connectivity index is 1.54. The minimum Gasteiger partial charge on any atom is -0.494 e. The molecule has 0 heterocycles. The van der Waals surface area contributed by atoms with E-state index in [1.54, 1.807) is 48.5 Å². The minimum absolute atomic E-state index is 0.214. The number of nitrogens with one attached hydrogen (secondary N) is 2. The van der Waals surface area contributed by atoms with Gasteiger partial charge in [-0.05, 0) is 54.8 Å². The summed E-state index contributed by atoms with van der Waals surface area (Å²) in [7, 11) is 0. The van der Waals surface area contributed by atoms with Crippen molar-refractivity contribution in [1.29, 1.82) is 0 Å². The minimum atomic E-state index is -0.269. The van der Waals surface area contributed by atoms with Gasteiger partial charge in [0, 0.05) is 12.1 Å². The maximum Gasteiger partial charge on any atom is 0.255 e. The maximum absolute atomic E-state index is 12.7. The van der Waals surface area contributed by atoms with Crippen LogP contribution in [0, 0.1) is 0 Å². The van der Waals surface area contributed by atoms with Gasteiger partial charge in [0.15, 0.2) is 0 Å². The van der Waals surface area contributed by atoms with Crippen LogP contribution in [0.2, 0.25) is 0 Å². The first kappa shape index (κ1) is 24.1. The lowest BCUT2D eigenvalue weighted by atomic mass is 10.1. The smallest absolute Gasteiger partial charge is 0.255 e. The van der Waals surface area contributed by atoms with Gasteiger partial charge in [-0.1, -0.05) is 68.7 Å². The van der Waals surface area contributed by atoms with Gasteiger partial charge in [0.1, 0.15) is 5.75 Å². The van der Waals surface area contributed by atoms with Crippen LogP contribution in [0.25, 0.3) is 0 Å². The summed E-state index contributed by atoms with van der Waals surface area (Å²) in [5.74, 6) is 0.268. The van der Waals surface area contributed by atoms with E-state index in [0.717, 1.165) is 30.6 Å². The Morgan fingerprint density at radius 2 is 1.52 bits per heavy atom. The van der Waals surface area contributed by atoms with Crippen molar-refractivity contribution in [2.45, 2.75) is 39.0 Å². The van der Waals surface area contributed by atoms with Gasteiger partial charge < -0.3 is 15.4 Å². The van der Waals surface area contributed by atoms with Crippen molar-refractivity contribution in [2.24, 2.45) is 0 Å². The van der Waals surface area contributed by atoms with Gasteiger partial charge in [-0.15, -0.1) is 0 Å². The number of ether oxygens (including phenoxy) is 1. The molecule has 0 saturated heterocycles. The van der Waals surface area contributed by atoms with Gasteiger partial charge >= 0.3 is 0 Å². The first-order valence-electron chi connectivity index (χ1n) is 11.6. The average Bonchev–Trinajstić information content (AvgIpc) is 2.85. The largest absolute Gasteiger partial charge is 0.494 e. The zero-order chi connectivity index (χ0) is 23.3. The number of hydrogen-bond donors (Lipinski definition) is 2. The number of hydrogen-bond acceptors (Lipinski definition) is 3. The van der Waals surface area contributed by atoms with Crippen LogP contribution in [0.3, 0.4) is 0 Å². The molecule has 3 aromatic carbocycles. The Labute approximate surface area is 196 Å². The first-order valence-corrected chi connectivity index (χ1v) is 11.6. The Kier molecular flexibility index (Phi) is 9.52. The average molecular weight is 445 g/mol. The second-order valence-corrected chi connectivity index (χ2v) is 7.92. The molecule has 0 unspecified atom stereocenters. The maximum atomic E-state index is 12.7. The van der Waals surface area contributed by atoms with Crippen LogP contribution >= 0.6 is 0 Å². The molecule has 5 nitrogen and oxygen atoms in total. The molecule has 0 saturated carbocycles. The third-order valence-corrected chi connectivity index (χ3v) is 5.35. The van der Waals surface area contributed by atoms with Crippen molar-refractivity contribution in [1.82, 2.24) is 5.32 Å². The lowest BCUT2D eigenvalue weighted by Gasteiger charge is -2.12. The molecular weight excluding hydrogens is 412 g/mol. The second kappa shape index (κ2) is 13.1. The summed E-state index contributed by atoms with van der Waals surface area (Å²) in [6, 6.07) is 24.1. The summed E-state index contributed by atoms with van der Waals surface area (Å²) in [5, 5.41) is 5.79. The number of unbranched alkanes of at least 4 members (excludes halogenated alkanes) is 3. The molecule has 3 aromatic rings. The van der Waals surface area contributed by atoms with Gasteiger partial charge in [-0.25, -0.2) is 0 Å². The highest BCUT2D eigenvalue weighted by atomic mass is 16.5. The number of para-hydroxylation sites is 1. The monoisotopic (exact) mass is 444 g/mol. The number of amides is 2. The van der Waals surface area contributed by atoms with E-state index in [9.17, 15) is 9.59 Å². The van der Waals surface area contributed by atoms with Crippen molar-refractivity contribution in [3.05, 3.63) is 95.6 Å². The summed E-state index contributed by atoms with van der Waals surface area (Å²) >= 11 is 0. The van der Waals surface area contributed by atoms with Crippen LogP contribution in [-0.4, -0.2) is 25.0 Å². The zero-order valence-corrected chi connectivity index (χ0v) is 19.2. The molecule has 2 amide bonds. The fraction of sp³-hybridized carbons (Fsp3) is 0.286. The Bertz CT molecular complexity index is 1020. The lowest BCUT2D eigenvalue weighted by molar-refractivity contribution is 0.0955. The van der Waals surface area contributed by atoms with E-state index in [-0.39, 0.29) is 11.8 Å². The van der Waals surface area contributed by atoms with Crippen molar-refractivity contribution in [3.63, 3.8) is 0 Å². The molecule has 0 aliphatic heterocycles. The van der Waals surface area contributed by atoms with Crippen LogP contribution < -0.4 is 15.4 Å². The van der Waals surface area contributed by atoms with Crippen LogP contribution in [0.15, 0.2) is 78.9 Å². The molecule has 0 aromatic heterocycles. The van der Waals surface area contributed by atoms with Gasteiger partial charge in [-0.2, -0.15) is 0 Å². The van der Waals surface area contributed by atoms with Gasteiger partial charge in [0.25, 0.3) is 11.8 Å².